The van der Waals surface area contributed by atoms with Crippen molar-refractivity contribution in [3.05, 3.63) is 0 Å². The van der Waals surface area contributed by atoms with E-state index in [1.807, 2.05) is 6.92 Å². The van der Waals surface area contributed by atoms with Gasteiger partial charge in [0.15, 0.2) is 0 Å². The van der Waals surface area contributed by atoms with E-state index in [0.29, 0.717) is 19.5 Å². The molecule has 17 heavy (non-hydrogen) atoms. The van der Waals surface area contributed by atoms with Crippen molar-refractivity contribution < 1.29 is 13.6 Å². The van der Waals surface area contributed by atoms with Crippen LogP contribution in [0.5, 0.6) is 0 Å². The number of amidine groups is 1. The predicted octanol–water partition coefficient (Wildman–Crippen LogP) is -0.168. The Bertz CT molecular complexity index is 362. The number of oxime groups is 1. The van der Waals surface area contributed by atoms with Crippen LogP contribution in [-0.2, 0) is 10.2 Å². The lowest BCUT2D eigenvalue weighted by molar-refractivity contribution is 0.315. The standard InChI is InChI=1S/C9H20N4O3S/c1-2-8(7-9(10)11-14)12-17(15,16)13-5-3-4-6-13/h8,12,14H,2-7H2,1H3,(H2,10,11). The van der Waals surface area contributed by atoms with Crippen LogP contribution in [0.3, 0.4) is 0 Å². The molecule has 1 saturated heterocycles. The van der Waals surface area contributed by atoms with Crippen LogP contribution >= 0.6 is 0 Å². The molecule has 0 aromatic rings. The van der Waals surface area contributed by atoms with E-state index in [-0.39, 0.29) is 18.3 Å². The van der Waals surface area contributed by atoms with Gasteiger partial charge in [0.25, 0.3) is 10.2 Å². The molecule has 0 spiro atoms. The maximum absolute atomic E-state index is 11.9. The fraction of sp³-hybridized carbons (Fsp3) is 0.889. The van der Waals surface area contributed by atoms with Crippen molar-refractivity contribution in [1.82, 2.24) is 9.03 Å². The van der Waals surface area contributed by atoms with Gasteiger partial charge in [-0.25, -0.2) is 0 Å². The van der Waals surface area contributed by atoms with Crippen molar-refractivity contribution in [3.8, 4) is 0 Å². The predicted molar refractivity (Wildman–Crippen MR) is 65.0 cm³/mol. The zero-order valence-electron chi connectivity index (χ0n) is 9.96. The molecule has 0 aromatic heterocycles. The molecule has 0 radical (unpaired) electrons. The van der Waals surface area contributed by atoms with E-state index in [2.05, 4.69) is 9.88 Å². The number of rotatable bonds is 6. The molecule has 4 N–H and O–H groups in total. The maximum atomic E-state index is 11.9. The summed E-state index contributed by atoms with van der Waals surface area (Å²) >= 11 is 0. The minimum absolute atomic E-state index is 0.0287. The SMILES string of the molecule is CCC(CC(N)=NO)NS(=O)(=O)N1CCCC1. The fourth-order valence-electron chi connectivity index (χ4n) is 1.78. The van der Waals surface area contributed by atoms with Crippen molar-refractivity contribution in [1.29, 1.82) is 0 Å². The molecule has 0 aliphatic carbocycles. The molecule has 1 unspecified atom stereocenters. The molecule has 1 fully saturated rings. The highest BCUT2D eigenvalue weighted by molar-refractivity contribution is 7.87. The Morgan fingerprint density at radius 1 is 1.53 bits per heavy atom. The Labute approximate surface area is 102 Å². The Morgan fingerprint density at radius 3 is 2.59 bits per heavy atom. The van der Waals surface area contributed by atoms with E-state index in [1.54, 1.807) is 0 Å². The highest BCUT2D eigenvalue weighted by Gasteiger charge is 2.27. The molecule has 100 valence electrons. The third-order valence-electron chi connectivity index (χ3n) is 2.80. The Morgan fingerprint density at radius 2 is 2.12 bits per heavy atom. The van der Waals surface area contributed by atoms with E-state index < -0.39 is 10.2 Å². The summed E-state index contributed by atoms with van der Waals surface area (Å²) in [7, 11) is -3.43. The molecule has 8 heteroatoms. The van der Waals surface area contributed by atoms with Gasteiger partial charge >= 0.3 is 0 Å². The lowest BCUT2D eigenvalue weighted by Gasteiger charge is -2.21. The van der Waals surface area contributed by atoms with Crippen LogP contribution in [0.4, 0.5) is 0 Å². The first-order chi connectivity index (χ1) is 7.99. The normalized spacial score (nSPS) is 20.6. The fourth-order valence-corrected chi connectivity index (χ4v) is 3.34. The van der Waals surface area contributed by atoms with Crippen molar-refractivity contribution in [2.45, 2.75) is 38.6 Å². The van der Waals surface area contributed by atoms with Crippen molar-refractivity contribution in [2.75, 3.05) is 13.1 Å². The molecular formula is C9H20N4O3S. The monoisotopic (exact) mass is 264 g/mol. The third-order valence-corrected chi connectivity index (χ3v) is 4.47. The van der Waals surface area contributed by atoms with Crippen LogP contribution in [-0.4, -0.2) is 42.9 Å². The second kappa shape index (κ2) is 6.18. The van der Waals surface area contributed by atoms with E-state index >= 15 is 0 Å². The van der Waals surface area contributed by atoms with Crippen LogP contribution in [0.15, 0.2) is 5.16 Å². The van der Waals surface area contributed by atoms with Crippen LogP contribution < -0.4 is 10.5 Å². The molecule has 1 rings (SSSR count). The maximum Gasteiger partial charge on any atom is 0.279 e. The molecule has 0 saturated carbocycles. The van der Waals surface area contributed by atoms with Crippen LogP contribution in [0.25, 0.3) is 0 Å². The van der Waals surface area contributed by atoms with Gasteiger partial charge in [-0.1, -0.05) is 12.1 Å². The molecule has 0 bridgehead atoms. The number of hydrogen-bond acceptors (Lipinski definition) is 4. The molecule has 0 amide bonds. The first-order valence-electron chi connectivity index (χ1n) is 5.73. The number of nitrogens with one attached hydrogen (secondary N) is 1. The molecule has 1 heterocycles. The molecule has 1 atom stereocenters. The Hall–Kier alpha value is -0.860. The topological polar surface area (TPSA) is 108 Å². The first kappa shape index (κ1) is 14.2. The zero-order chi connectivity index (χ0) is 12.9. The average molecular weight is 264 g/mol. The van der Waals surface area contributed by atoms with Gasteiger partial charge in [-0.05, 0) is 19.3 Å². The largest absolute Gasteiger partial charge is 0.409 e. The zero-order valence-corrected chi connectivity index (χ0v) is 10.8. The van der Waals surface area contributed by atoms with Gasteiger partial charge in [-0.3, -0.25) is 0 Å². The van der Waals surface area contributed by atoms with Crippen LogP contribution in [0.1, 0.15) is 32.6 Å². The lowest BCUT2D eigenvalue weighted by Crippen LogP contribution is -2.45. The lowest BCUT2D eigenvalue weighted by atomic mass is 10.1. The average Bonchev–Trinajstić information content (AvgIpc) is 2.81. The summed E-state index contributed by atoms with van der Waals surface area (Å²) in [6.45, 7) is 2.98. The summed E-state index contributed by atoms with van der Waals surface area (Å²) in [6, 6.07) is -0.337. The smallest absolute Gasteiger partial charge is 0.279 e. The minimum Gasteiger partial charge on any atom is -0.409 e. The highest BCUT2D eigenvalue weighted by atomic mass is 32.2. The van der Waals surface area contributed by atoms with Gasteiger partial charge in [-0.15, -0.1) is 0 Å². The first-order valence-corrected chi connectivity index (χ1v) is 7.17. The summed E-state index contributed by atoms with van der Waals surface area (Å²) in [5, 5.41) is 11.3. The second-order valence-electron chi connectivity index (χ2n) is 4.13. The van der Waals surface area contributed by atoms with E-state index in [4.69, 9.17) is 10.9 Å². The summed E-state index contributed by atoms with van der Waals surface area (Å²) < 4.78 is 27.9. The summed E-state index contributed by atoms with van der Waals surface area (Å²) in [4.78, 5) is 0. The minimum atomic E-state index is -3.43. The van der Waals surface area contributed by atoms with Crippen LogP contribution in [0, 0.1) is 0 Å². The molecule has 7 nitrogen and oxygen atoms in total. The Balaban J connectivity index is 2.60. The third kappa shape index (κ3) is 4.14. The van der Waals surface area contributed by atoms with Crippen LogP contribution in [0.2, 0.25) is 0 Å². The number of hydrogen-bond donors (Lipinski definition) is 3. The molecule has 1 aliphatic heterocycles. The van der Waals surface area contributed by atoms with Gasteiger partial charge in [0, 0.05) is 25.6 Å². The van der Waals surface area contributed by atoms with E-state index in [1.165, 1.54) is 4.31 Å². The van der Waals surface area contributed by atoms with Crippen molar-refractivity contribution in [2.24, 2.45) is 10.9 Å². The second-order valence-corrected chi connectivity index (χ2v) is 5.83. The van der Waals surface area contributed by atoms with Gasteiger partial charge < -0.3 is 10.9 Å². The van der Waals surface area contributed by atoms with Gasteiger partial charge in [-0.2, -0.15) is 17.4 Å². The Kier molecular flexibility index (Phi) is 5.16. The van der Waals surface area contributed by atoms with Crippen molar-refractivity contribution in [3.63, 3.8) is 0 Å². The highest BCUT2D eigenvalue weighted by Crippen LogP contribution is 2.12. The summed E-state index contributed by atoms with van der Waals surface area (Å²) in [5.41, 5.74) is 5.37. The van der Waals surface area contributed by atoms with E-state index in [0.717, 1.165) is 12.8 Å². The summed E-state index contributed by atoms with van der Waals surface area (Å²) in [6.07, 6.45) is 2.60. The van der Waals surface area contributed by atoms with E-state index in [9.17, 15) is 8.42 Å². The number of nitrogens with zero attached hydrogens (tertiary/aromatic N) is 2. The van der Waals surface area contributed by atoms with Gasteiger partial charge in [0.2, 0.25) is 0 Å². The molecule has 0 aromatic carbocycles. The van der Waals surface area contributed by atoms with Gasteiger partial charge in [0.1, 0.15) is 5.84 Å². The molecule has 1 aliphatic rings. The van der Waals surface area contributed by atoms with Crippen molar-refractivity contribution >= 4 is 16.0 Å². The quantitative estimate of drug-likeness (QED) is 0.268. The summed E-state index contributed by atoms with van der Waals surface area (Å²) in [5.74, 6) is 0.0287. The number of nitrogens with two attached hydrogens (primary N) is 1. The van der Waals surface area contributed by atoms with Gasteiger partial charge in [0.05, 0.1) is 0 Å². The molecular weight excluding hydrogens is 244 g/mol.